The van der Waals surface area contributed by atoms with E-state index in [1.165, 1.54) is 0 Å². The molecule has 0 fully saturated rings. The number of carbonyl (C=O) groups excluding carboxylic acids is 3. The maximum absolute atomic E-state index is 13.3. The molecule has 6 N–H and O–H groups in total. The van der Waals surface area contributed by atoms with Gasteiger partial charge < -0.3 is 26.8 Å². The maximum Gasteiger partial charge on any atom is 0.326 e. The SMILES string of the molecule is CCC(C)C(NC(=O)C(Cc1ccccc1)NC(=O)C(N)C(C)C)C(=O)NC(CC(C)C)C(=O)O. The topological polar surface area (TPSA) is 151 Å². The molecule has 0 radical (unpaired) electrons. The van der Waals surface area contributed by atoms with Crippen LogP contribution in [0.3, 0.4) is 0 Å². The summed E-state index contributed by atoms with van der Waals surface area (Å²) in [6, 6.07) is 5.44. The molecule has 9 nitrogen and oxygen atoms in total. The van der Waals surface area contributed by atoms with Crippen molar-refractivity contribution in [2.75, 3.05) is 0 Å². The number of nitrogens with one attached hydrogen (secondary N) is 3. The molecule has 0 aliphatic rings. The Labute approximate surface area is 208 Å². The molecule has 1 rings (SSSR count). The fourth-order valence-electron chi connectivity index (χ4n) is 3.54. The number of benzene rings is 1. The van der Waals surface area contributed by atoms with Gasteiger partial charge in [-0.2, -0.15) is 0 Å². The summed E-state index contributed by atoms with van der Waals surface area (Å²) in [6.45, 7) is 11.1. The van der Waals surface area contributed by atoms with Crippen molar-refractivity contribution in [2.45, 2.75) is 85.0 Å². The highest BCUT2D eigenvalue weighted by Gasteiger charge is 2.33. The summed E-state index contributed by atoms with van der Waals surface area (Å²) < 4.78 is 0. The van der Waals surface area contributed by atoms with E-state index in [0.717, 1.165) is 5.56 Å². The summed E-state index contributed by atoms with van der Waals surface area (Å²) in [6.07, 6.45) is 1.05. The minimum absolute atomic E-state index is 0.0590. The molecule has 9 heteroatoms. The second-order valence-electron chi connectivity index (χ2n) is 9.92. The van der Waals surface area contributed by atoms with Crippen LogP contribution >= 0.6 is 0 Å². The predicted octanol–water partition coefficient (Wildman–Crippen LogP) is 1.84. The molecular weight excluding hydrogens is 448 g/mol. The Morgan fingerprint density at radius 3 is 1.91 bits per heavy atom. The molecule has 0 bridgehead atoms. The van der Waals surface area contributed by atoms with E-state index in [-0.39, 0.29) is 30.6 Å². The molecule has 0 aliphatic heterocycles. The number of hydrogen-bond acceptors (Lipinski definition) is 5. The van der Waals surface area contributed by atoms with Crippen LogP contribution in [0.5, 0.6) is 0 Å². The number of hydrogen-bond donors (Lipinski definition) is 5. The van der Waals surface area contributed by atoms with Crippen LogP contribution in [0.1, 0.15) is 59.9 Å². The molecular formula is C26H42N4O5. The van der Waals surface area contributed by atoms with Crippen molar-refractivity contribution in [1.29, 1.82) is 0 Å². The van der Waals surface area contributed by atoms with Gasteiger partial charge in [-0.1, -0.05) is 78.3 Å². The molecule has 1 aromatic carbocycles. The number of carboxylic acid groups (broad SMARTS) is 1. The number of nitrogens with two attached hydrogens (primary N) is 1. The van der Waals surface area contributed by atoms with E-state index in [0.29, 0.717) is 6.42 Å². The van der Waals surface area contributed by atoms with Crippen LogP contribution in [0, 0.1) is 17.8 Å². The first-order chi connectivity index (χ1) is 16.4. The highest BCUT2D eigenvalue weighted by Crippen LogP contribution is 2.12. The molecule has 0 aliphatic carbocycles. The third kappa shape index (κ3) is 10.1. The highest BCUT2D eigenvalue weighted by molar-refractivity contribution is 5.94. The van der Waals surface area contributed by atoms with Gasteiger partial charge in [-0.15, -0.1) is 0 Å². The smallest absolute Gasteiger partial charge is 0.326 e. The third-order valence-corrected chi connectivity index (χ3v) is 6.05. The van der Waals surface area contributed by atoms with E-state index in [4.69, 9.17) is 5.73 Å². The molecule has 0 saturated carbocycles. The Bertz CT molecular complexity index is 843. The lowest BCUT2D eigenvalue weighted by atomic mass is 9.96. The molecule has 1 aromatic rings. The number of carboxylic acids is 1. The second-order valence-corrected chi connectivity index (χ2v) is 9.92. The van der Waals surface area contributed by atoms with Gasteiger partial charge in [0.2, 0.25) is 17.7 Å². The summed E-state index contributed by atoms with van der Waals surface area (Å²) in [5, 5.41) is 17.6. The largest absolute Gasteiger partial charge is 0.480 e. The van der Waals surface area contributed by atoms with Crippen molar-refractivity contribution in [1.82, 2.24) is 16.0 Å². The van der Waals surface area contributed by atoms with Gasteiger partial charge in [-0.25, -0.2) is 4.79 Å². The standard InChI is InChI=1S/C26H42N4O5/c1-7-17(6)22(25(33)29-20(26(34)35)13-15(2)3)30-23(31)19(14-18-11-9-8-10-12-18)28-24(32)21(27)16(4)5/h8-12,15-17,19-22H,7,13-14,27H2,1-6H3,(H,28,32)(H,29,33)(H,30,31)(H,34,35). The average Bonchev–Trinajstić information content (AvgIpc) is 2.80. The Morgan fingerprint density at radius 2 is 1.43 bits per heavy atom. The first kappa shape index (κ1) is 30.1. The van der Waals surface area contributed by atoms with E-state index in [1.54, 1.807) is 0 Å². The van der Waals surface area contributed by atoms with Crippen LogP contribution in [-0.4, -0.2) is 53.0 Å². The van der Waals surface area contributed by atoms with Gasteiger partial charge in [0, 0.05) is 6.42 Å². The first-order valence-electron chi connectivity index (χ1n) is 12.3. The van der Waals surface area contributed by atoms with Gasteiger partial charge in [-0.05, 0) is 29.7 Å². The number of amides is 3. The second kappa shape index (κ2) is 14.5. The van der Waals surface area contributed by atoms with E-state index >= 15 is 0 Å². The summed E-state index contributed by atoms with van der Waals surface area (Å²) in [4.78, 5) is 50.7. The normalized spacial score (nSPS) is 15.6. The van der Waals surface area contributed by atoms with Crippen molar-refractivity contribution in [2.24, 2.45) is 23.5 Å². The van der Waals surface area contributed by atoms with Gasteiger partial charge in [-0.3, -0.25) is 14.4 Å². The number of rotatable bonds is 14. The molecule has 0 aromatic heterocycles. The van der Waals surface area contributed by atoms with Gasteiger partial charge >= 0.3 is 5.97 Å². The van der Waals surface area contributed by atoms with Crippen LogP contribution in [0.4, 0.5) is 0 Å². The fraction of sp³-hybridized carbons (Fsp3) is 0.615. The lowest BCUT2D eigenvalue weighted by Crippen LogP contribution is -2.59. The Balaban J connectivity index is 3.13. The zero-order valence-corrected chi connectivity index (χ0v) is 21.7. The molecule has 0 spiro atoms. The summed E-state index contributed by atoms with van der Waals surface area (Å²) in [7, 11) is 0. The van der Waals surface area contributed by atoms with Crippen LogP contribution in [0.2, 0.25) is 0 Å². The number of carbonyl (C=O) groups is 4. The fourth-order valence-corrected chi connectivity index (χ4v) is 3.54. The van der Waals surface area contributed by atoms with E-state index < -0.39 is 47.9 Å². The zero-order valence-electron chi connectivity index (χ0n) is 21.7. The lowest BCUT2D eigenvalue weighted by Gasteiger charge is -2.28. The highest BCUT2D eigenvalue weighted by atomic mass is 16.4. The molecule has 0 saturated heterocycles. The maximum atomic E-state index is 13.3. The Morgan fingerprint density at radius 1 is 0.857 bits per heavy atom. The van der Waals surface area contributed by atoms with E-state index in [1.807, 2.05) is 71.9 Å². The van der Waals surface area contributed by atoms with Gasteiger partial charge in [0.05, 0.1) is 6.04 Å². The van der Waals surface area contributed by atoms with Crippen molar-refractivity contribution in [3.8, 4) is 0 Å². The first-order valence-corrected chi connectivity index (χ1v) is 12.3. The Hall–Kier alpha value is -2.94. The minimum atomic E-state index is -1.13. The quantitative estimate of drug-likeness (QED) is 0.268. The summed E-state index contributed by atoms with van der Waals surface area (Å²) in [5.41, 5.74) is 6.81. The third-order valence-electron chi connectivity index (χ3n) is 6.05. The Kier molecular flexibility index (Phi) is 12.4. The van der Waals surface area contributed by atoms with E-state index in [9.17, 15) is 24.3 Å². The van der Waals surface area contributed by atoms with Crippen molar-refractivity contribution in [3.05, 3.63) is 35.9 Å². The predicted molar refractivity (Wildman–Crippen MR) is 135 cm³/mol. The van der Waals surface area contributed by atoms with Gasteiger partial charge in [0.25, 0.3) is 0 Å². The molecule has 196 valence electrons. The van der Waals surface area contributed by atoms with Gasteiger partial charge in [0.1, 0.15) is 18.1 Å². The van der Waals surface area contributed by atoms with Crippen molar-refractivity contribution in [3.63, 3.8) is 0 Å². The van der Waals surface area contributed by atoms with Crippen molar-refractivity contribution < 1.29 is 24.3 Å². The zero-order chi connectivity index (χ0) is 26.7. The van der Waals surface area contributed by atoms with Crippen LogP contribution in [0.25, 0.3) is 0 Å². The summed E-state index contributed by atoms with van der Waals surface area (Å²) in [5.74, 6) is -3.01. The van der Waals surface area contributed by atoms with Gasteiger partial charge in [0.15, 0.2) is 0 Å². The van der Waals surface area contributed by atoms with Crippen molar-refractivity contribution >= 4 is 23.7 Å². The summed E-state index contributed by atoms with van der Waals surface area (Å²) >= 11 is 0. The number of aliphatic carboxylic acids is 1. The molecule has 5 unspecified atom stereocenters. The van der Waals surface area contributed by atoms with E-state index in [2.05, 4.69) is 16.0 Å². The minimum Gasteiger partial charge on any atom is -0.480 e. The molecule has 0 heterocycles. The molecule has 5 atom stereocenters. The molecule has 35 heavy (non-hydrogen) atoms. The van der Waals surface area contributed by atoms with Crippen LogP contribution in [0.15, 0.2) is 30.3 Å². The monoisotopic (exact) mass is 490 g/mol. The van der Waals surface area contributed by atoms with Crippen LogP contribution < -0.4 is 21.7 Å². The van der Waals surface area contributed by atoms with Crippen LogP contribution in [-0.2, 0) is 25.6 Å². The lowest BCUT2D eigenvalue weighted by molar-refractivity contribution is -0.143. The molecule has 3 amide bonds. The average molecular weight is 491 g/mol.